The highest BCUT2D eigenvalue weighted by Gasteiger charge is 2.22. The Kier molecular flexibility index (Phi) is 8.06. The first-order chi connectivity index (χ1) is 8.19. The molecule has 1 aliphatic heterocycles. The van der Waals surface area contributed by atoms with Crippen LogP contribution < -0.4 is 5.32 Å². The number of piperidine rings is 1. The fourth-order valence-corrected chi connectivity index (χ4v) is 2.29. The van der Waals surface area contributed by atoms with Crippen LogP contribution in [-0.4, -0.2) is 46.8 Å². The Labute approximate surface area is 126 Å². The van der Waals surface area contributed by atoms with Crippen molar-refractivity contribution in [2.45, 2.75) is 25.3 Å². The largest absolute Gasteiger partial charge is 0.341 e. The first kappa shape index (κ1) is 18.2. The molecule has 1 aromatic heterocycles. The topological polar surface area (TPSA) is 50.2 Å². The average molecular weight is 309 g/mol. The van der Waals surface area contributed by atoms with Crippen LogP contribution in [-0.2, 0) is 18.3 Å². The number of halogens is 2. The Morgan fingerprint density at radius 2 is 2.26 bits per heavy atom. The van der Waals surface area contributed by atoms with Crippen LogP contribution in [0, 0.1) is 0 Å². The molecular formula is C12H22Cl2N4O. The van der Waals surface area contributed by atoms with Crippen molar-refractivity contribution < 1.29 is 4.79 Å². The number of nitrogens with one attached hydrogen (secondary N) is 1. The van der Waals surface area contributed by atoms with Crippen molar-refractivity contribution in [2.75, 3.05) is 20.1 Å². The monoisotopic (exact) mass is 308 g/mol. The van der Waals surface area contributed by atoms with Gasteiger partial charge in [0.25, 0.3) is 0 Å². The van der Waals surface area contributed by atoms with Crippen molar-refractivity contribution in [2.24, 2.45) is 7.05 Å². The summed E-state index contributed by atoms with van der Waals surface area (Å²) in [5.74, 6) is 0.206. The molecule has 0 saturated carbocycles. The molecule has 1 aliphatic rings. The lowest BCUT2D eigenvalue weighted by Crippen LogP contribution is -2.47. The van der Waals surface area contributed by atoms with Crippen molar-refractivity contribution >= 4 is 30.7 Å². The van der Waals surface area contributed by atoms with E-state index in [1.54, 1.807) is 10.9 Å². The molecule has 1 aromatic rings. The highest BCUT2D eigenvalue weighted by Crippen LogP contribution is 2.11. The molecule has 0 aromatic carbocycles. The number of rotatable bonds is 3. The number of carbonyl (C=O) groups is 1. The van der Waals surface area contributed by atoms with Gasteiger partial charge in [-0.1, -0.05) is 0 Å². The van der Waals surface area contributed by atoms with Gasteiger partial charge in [0.2, 0.25) is 5.91 Å². The van der Waals surface area contributed by atoms with Gasteiger partial charge in [-0.3, -0.25) is 9.48 Å². The molecule has 19 heavy (non-hydrogen) atoms. The lowest BCUT2D eigenvalue weighted by Gasteiger charge is -2.32. The highest BCUT2D eigenvalue weighted by molar-refractivity contribution is 5.85. The van der Waals surface area contributed by atoms with E-state index in [-0.39, 0.29) is 30.7 Å². The quantitative estimate of drug-likeness (QED) is 0.907. The van der Waals surface area contributed by atoms with Crippen molar-refractivity contribution in [3.05, 3.63) is 18.0 Å². The Bertz CT molecular complexity index is 397. The van der Waals surface area contributed by atoms with E-state index in [2.05, 4.69) is 10.4 Å². The molecule has 1 N–H and O–H groups in total. The summed E-state index contributed by atoms with van der Waals surface area (Å²) in [5, 5.41) is 7.33. The number of likely N-dealkylation sites (tertiary alicyclic amines) is 1. The molecule has 1 unspecified atom stereocenters. The van der Waals surface area contributed by atoms with Crippen LogP contribution >= 0.6 is 24.8 Å². The molecule has 5 nitrogen and oxygen atoms in total. The van der Waals surface area contributed by atoms with Gasteiger partial charge in [0.05, 0.1) is 12.6 Å². The number of likely N-dealkylation sites (N-methyl/N-ethyl adjacent to an activating group) is 1. The van der Waals surface area contributed by atoms with E-state index in [4.69, 9.17) is 0 Å². The Morgan fingerprint density at radius 3 is 2.84 bits per heavy atom. The van der Waals surface area contributed by atoms with Gasteiger partial charge < -0.3 is 10.2 Å². The van der Waals surface area contributed by atoms with E-state index in [9.17, 15) is 4.79 Å². The number of aryl methyl sites for hydroxylation is 1. The minimum absolute atomic E-state index is 0. The number of carbonyl (C=O) groups excluding carboxylic acids is 1. The van der Waals surface area contributed by atoms with Gasteiger partial charge in [-0.15, -0.1) is 24.8 Å². The fraction of sp³-hybridized carbons (Fsp3) is 0.667. The summed E-state index contributed by atoms with van der Waals surface area (Å²) in [6.07, 6.45) is 6.37. The molecule has 0 spiro atoms. The molecular weight excluding hydrogens is 287 g/mol. The molecule has 1 atom stereocenters. The van der Waals surface area contributed by atoms with Gasteiger partial charge in [0.1, 0.15) is 0 Å². The average Bonchev–Trinajstić information content (AvgIpc) is 2.75. The molecule has 7 heteroatoms. The molecule has 110 valence electrons. The second kappa shape index (κ2) is 8.40. The number of hydrogen-bond acceptors (Lipinski definition) is 3. The number of amides is 1. The zero-order chi connectivity index (χ0) is 12.3. The Morgan fingerprint density at radius 1 is 1.53 bits per heavy atom. The van der Waals surface area contributed by atoms with E-state index in [1.807, 2.05) is 25.2 Å². The smallest absolute Gasteiger partial charge is 0.227 e. The molecule has 2 heterocycles. The van der Waals surface area contributed by atoms with Crippen LogP contribution in [0.15, 0.2) is 12.4 Å². The third-order valence-electron chi connectivity index (χ3n) is 3.30. The maximum Gasteiger partial charge on any atom is 0.227 e. The second-order valence-electron chi connectivity index (χ2n) is 4.67. The van der Waals surface area contributed by atoms with Crippen molar-refractivity contribution in [1.82, 2.24) is 20.0 Å². The van der Waals surface area contributed by atoms with Gasteiger partial charge in [0, 0.05) is 32.4 Å². The van der Waals surface area contributed by atoms with Crippen molar-refractivity contribution in [1.29, 1.82) is 0 Å². The summed E-state index contributed by atoms with van der Waals surface area (Å²) in [5.41, 5.74) is 0.990. The third-order valence-corrected chi connectivity index (χ3v) is 3.30. The first-order valence-corrected chi connectivity index (χ1v) is 6.11. The van der Waals surface area contributed by atoms with Crippen LogP contribution in [0.3, 0.4) is 0 Å². The summed E-state index contributed by atoms with van der Waals surface area (Å²) < 4.78 is 1.73. The molecule has 2 rings (SSSR count). The van der Waals surface area contributed by atoms with E-state index in [0.717, 1.165) is 31.5 Å². The van der Waals surface area contributed by atoms with Gasteiger partial charge >= 0.3 is 0 Å². The minimum atomic E-state index is 0. The van der Waals surface area contributed by atoms with E-state index in [0.29, 0.717) is 12.5 Å². The van der Waals surface area contributed by atoms with Gasteiger partial charge in [-0.25, -0.2) is 0 Å². The van der Waals surface area contributed by atoms with Crippen LogP contribution in [0.1, 0.15) is 18.4 Å². The summed E-state index contributed by atoms with van der Waals surface area (Å²) in [7, 11) is 3.83. The summed E-state index contributed by atoms with van der Waals surface area (Å²) in [6, 6.07) is 0.446. The highest BCUT2D eigenvalue weighted by atomic mass is 35.5. The van der Waals surface area contributed by atoms with Gasteiger partial charge in [-0.2, -0.15) is 5.10 Å². The zero-order valence-electron chi connectivity index (χ0n) is 11.3. The van der Waals surface area contributed by atoms with Crippen LogP contribution in [0.25, 0.3) is 0 Å². The van der Waals surface area contributed by atoms with Gasteiger partial charge in [-0.05, 0) is 25.5 Å². The van der Waals surface area contributed by atoms with Crippen molar-refractivity contribution in [3.63, 3.8) is 0 Å². The van der Waals surface area contributed by atoms with Crippen LogP contribution in [0.5, 0.6) is 0 Å². The molecule has 1 fully saturated rings. The van der Waals surface area contributed by atoms with Crippen LogP contribution in [0.4, 0.5) is 0 Å². The summed E-state index contributed by atoms with van der Waals surface area (Å²) in [6.45, 7) is 1.72. The standard InChI is InChI=1S/C12H20N4O.2ClH/c1-13-11-4-3-5-16(9-11)12(17)6-10-7-14-15(2)8-10;;/h7-8,11,13H,3-6,9H2,1-2H3;2*1H. The zero-order valence-corrected chi connectivity index (χ0v) is 13.0. The predicted octanol–water partition coefficient (Wildman–Crippen LogP) is 1.02. The summed E-state index contributed by atoms with van der Waals surface area (Å²) >= 11 is 0. The van der Waals surface area contributed by atoms with E-state index in [1.165, 1.54) is 0 Å². The second-order valence-corrected chi connectivity index (χ2v) is 4.67. The fourth-order valence-electron chi connectivity index (χ4n) is 2.29. The number of aromatic nitrogens is 2. The van der Waals surface area contributed by atoms with Gasteiger partial charge in [0.15, 0.2) is 0 Å². The van der Waals surface area contributed by atoms with Crippen molar-refractivity contribution in [3.8, 4) is 0 Å². The maximum atomic E-state index is 12.1. The molecule has 0 bridgehead atoms. The molecule has 0 radical (unpaired) electrons. The Hall–Kier alpha value is -0.780. The van der Waals surface area contributed by atoms with E-state index < -0.39 is 0 Å². The third kappa shape index (κ3) is 5.01. The number of hydrogen-bond donors (Lipinski definition) is 1. The van der Waals surface area contributed by atoms with E-state index >= 15 is 0 Å². The van der Waals surface area contributed by atoms with Crippen LogP contribution in [0.2, 0.25) is 0 Å². The minimum Gasteiger partial charge on any atom is -0.341 e. The Balaban J connectivity index is 0.00000162. The lowest BCUT2D eigenvalue weighted by molar-refractivity contribution is -0.131. The maximum absolute atomic E-state index is 12.1. The normalized spacial score (nSPS) is 18.4. The SMILES string of the molecule is CNC1CCCN(C(=O)Cc2cnn(C)c2)C1.Cl.Cl. The predicted molar refractivity (Wildman–Crippen MR) is 80.1 cm³/mol. The molecule has 1 amide bonds. The first-order valence-electron chi connectivity index (χ1n) is 6.11. The number of nitrogens with zero attached hydrogens (tertiary/aromatic N) is 3. The molecule has 0 aliphatic carbocycles. The lowest BCUT2D eigenvalue weighted by atomic mass is 10.1. The molecule has 1 saturated heterocycles. The summed E-state index contributed by atoms with van der Waals surface area (Å²) in [4.78, 5) is 14.1.